The van der Waals surface area contributed by atoms with Gasteiger partial charge in [0.25, 0.3) is 0 Å². The highest BCUT2D eigenvalue weighted by Gasteiger charge is 2.23. The molecule has 1 N–H and O–H groups in total. The van der Waals surface area contributed by atoms with Crippen LogP contribution in [-0.2, 0) is 9.47 Å². The van der Waals surface area contributed by atoms with E-state index in [-0.39, 0.29) is 6.29 Å². The second-order valence-electron chi connectivity index (χ2n) is 3.85. The van der Waals surface area contributed by atoms with Gasteiger partial charge in [0.05, 0.1) is 38.5 Å². The van der Waals surface area contributed by atoms with Crippen molar-refractivity contribution in [3.8, 4) is 17.1 Å². The molecule has 2 aromatic rings. The summed E-state index contributed by atoms with van der Waals surface area (Å²) in [5, 5.41) is 0. The zero-order valence-electron chi connectivity index (χ0n) is 9.92. The van der Waals surface area contributed by atoms with Crippen molar-refractivity contribution in [2.24, 2.45) is 0 Å². The van der Waals surface area contributed by atoms with Crippen molar-refractivity contribution in [2.45, 2.75) is 6.29 Å². The standard InChI is InChI=1S/C12H13N3O3/c1-16-11-4-8(12-17-2-3-18-12)9(5-14-11)10-6-13-7-15-10/h4-7,12H,2-3H2,1H3,(H,13,15). The summed E-state index contributed by atoms with van der Waals surface area (Å²) < 4.78 is 16.2. The first-order valence-electron chi connectivity index (χ1n) is 5.64. The molecule has 0 aromatic carbocycles. The van der Waals surface area contributed by atoms with Gasteiger partial charge in [0, 0.05) is 23.4 Å². The van der Waals surface area contributed by atoms with Crippen LogP contribution >= 0.6 is 0 Å². The number of H-pyrrole nitrogens is 1. The first kappa shape index (κ1) is 11.2. The fourth-order valence-corrected chi connectivity index (χ4v) is 1.92. The Balaban J connectivity index is 2.06. The lowest BCUT2D eigenvalue weighted by Crippen LogP contribution is -2.03. The summed E-state index contributed by atoms with van der Waals surface area (Å²) in [4.78, 5) is 11.3. The Kier molecular flexibility index (Phi) is 2.95. The number of nitrogens with zero attached hydrogens (tertiary/aromatic N) is 2. The molecule has 0 amide bonds. The Morgan fingerprint density at radius 2 is 2.17 bits per heavy atom. The summed E-state index contributed by atoms with van der Waals surface area (Å²) in [5.74, 6) is 0.535. The fourth-order valence-electron chi connectivity index (χ4n) is 1.92. The lowest BCUT2D eigenvalue weighted by molar-refractivity contribution is -0.0438. The van der Waals surface area contributed by atoms with E-state index in [4.69, 9.17) is 14.2 Å². The van der Waals surface area contributed by atoms with Crippen molar-refractivity contribution in [1.29, 1.82) is 0 Å². The number of hydrogen-bond donors (Lipinski definition) is 1. The quantitative estimate of drug-likeness (QED) is 0.890. The van der Waals surface area contributed by atoms with Crippen LogP contribution in [0, 0.1) is 0 Å². The SMILES string of the molecule is COc1cc(C2OCCO2)c(-c2cnc[nH]2)cn1. The van der Waals surface area contributed by atoms with Crippen LogP contribution in [0.4, 0.5) is 0 Å². The fraction of sp³-hybridized carbons (Fsp3) is 0.333. The van der Waals surface area contributed by atoms with Gasteiger partial charge in [-0.3, -0.25) is 0 Å². The van der Waals surface area contributed by atoms with Crippen molar-refractivity contribution in [2.75, 3.05) is 20.3 Å². The molecule has 0 spiro atoms. The normalized spacial score (nSPS) is 16.1. The molecule has 2 aromatic heterocycles. The third-order valence-electron chi connectivity index (χ3n) is 2.78. The monoisotopic (exact) mass is 247 g/mol. The van der Waals surface area contributed by atoms with Crippen molar-refractivity contribution < 1.29 is 14.2 Å². The molecule has 1 aliphatic heterocycles. The predicted molar refractivity (Wildman–Crippen MR) is 63.0 cm³/mol. The highest BCUT2D eigenvalue weighted by Crippen LogP contribution is 2.33. The number of pyridine rings is 1. The van der Waals surface area contributed by atoms with E-state index in [0.29, 0.717) is 19.1 Å². The highest BCUT2D eigenvalue weighted by molar-refractivity contribution is 5.63. The molecule has 0 aliphatic carbocycles. The van der Waals surface area contributed by atoms with E-state index in [1.807, 2.05) is 6.07 Å². The van der Waals surface area contributed by atoms with Crippen LogP contribution in [0.1, 0.15) is 11.9 Å². The van der Waals surface area contributed by atoms with Crippen LogP contribution < -0.4 is 4.74 Å². The molecular formula is C12H13N3O3. The minimum absolute atomic E-state index is 0.375. The maximum Gasteiger partial charge on any atom is 0.213 e. The number of ether oxygens (including phenoxy) is 3. The van der Waals surface area contributed by atoms with Gasteiger partial charge in [-0.15, -0.1) is 0 Å². The minimum atomic E-state index is -0.375. The first-order chi connectivity index (χ1) is 8.88. The summed E-state index contributed by atoms with van der Waals surface area (Å²) >= 11 is 0. The van der Waals surface area contributed by atoms with Crippen molar-refractivity contribution >= 4 is 0 Å². The molecule has 0 bridgehead atoms. The molecule has 1 fully saturated rings. The number of imidazole rings is 1. The molecule has 94 valence electrons. The number of aromatic nitrogens is 3. The highest BCUT2D eigenvalue weighted by atomic mass is 16.7. The predicted octanol–water partition coefficient (Wildman–Crippen LogP) is 1.53. The average Bonchev–Trinajstić information content (AvgIpc) is 3.11. The average molecular weight is 247 g/mol. The van der Waals surface area contributed by atoms with E-state index in [9.17, 15) is 0 Å². The Labute approximate surface area is 104 Å². The van der Waals surface area contributed by atoms with Gasteiger partial charge in [-0.05, 0) is 0 Å². The van der Waals surface area contributed by atoms with E-state index in [2.05, 4.69) is 15.0 Å². The van der Waals surface area contributed by atoms with Crippen molar-refractivity contribution in [3.05, 3.63) is 30.4 Å². The molecule has 3 heterocycles. The van der Waals surface area contributed by atoms with Crippen LogP contribution in [0.3, 0.4) is 0 Å². The van der Waals surface area contributed by atoms with Crippen LogP contribution in [0.25, 0.3) is 11.3 Å². The molecule has 0 atom stereocenters. The van der Waals surface area contributed by atoms with Crippen LogP contribution in [0.2, 0.25) is 0 Å². The Morgan fingerprint density at radius 1 is 1.33 bits per heavy atom. The molecule has 0 radical (unpaired) electrons. The lowest BCUT2D eigenvalue weighted by Gasteiger charge is -2.14. The molecule has 0 unspecified atom stereocenters. The van der Waals surface area contributed by atoms with Crippen molar-refractivity contribution in [3.63, 3.8) is 0 Å². The molecule has 6 nitrogen and oxygen atoms in total. The Hall–Kier alpha value is -1.92. The molecule has 1 aliphatic rings. The summed E-state index contributed by atoms with van der Waals surface area (Å²) in [6, 6.07) is 1.83. The lowest BCUT2D eigenvalue weighted by atomic mass is 10.1. The maximum absolute atomic E-state index is 5.54. The third-order valence-corrected chi connectivity index (χ3v) is 2.78. The Bertz CT molecular complexity index is 521. The van der Waals surface area contributed by atoms with Gasteiger partial charge in [-0.2, -0.15) is 0 Å². The van der Waals surface area contributed by atoms with Gasteiger partial charge in [-0.25, -0.2) is 9.97 Å². The zero-order chi connectivity index (χ0) is 12.4. The van der Waals surface area contributed by atoms with E-state index in [0.717, 1.165) is 16.8 Å². The van der Waals surface area contributed by atoms with E-state index < -0.39 is 0 Å². The van der Waals surface area contributed by atoms with Gasteiger partial charge in [0.2, 0.25) is 5.88 Å². The van der Waals surface area contributed by atoms with E-state index >= 15 is 0 Å². The molecular weight excluding hydrogens is 234 g/mol. The Morgan fingerprint density at radius 3 is 2.83 bits per heavy atom. The van der Waals surface area contributed by atoms with Crippen LogP contribution in [0.15, 0.2) is 24.8 Å². The van der Waals surface area contributed by atoms with Gasteiger partial charge >= 0.3 is 0 Å². The van der Waals surface area contributed by atoms with E-state index in [1.165, 1.54) is 0 Å². The first-order valence-corrected chi connectivity index (χ1v) is 5.64. The molecule has 0 saturated carbocycles. The van der Waals surface area contributed by atoms with Gasteiger partial charge < -0.3 is 19.2 Å². The minimum Gasteiger partial charge on any atom is -0.481 e. The molecule has 18 heavy (non-hydrogen) atoms. The van der Waals surface area contributed by atoms with Gasteiger partial charge in [-0.1, -0.05) is 0 Å². The second kappa shape index (κ2) is 4.75. The van der Waals surface area contributed by atoms with Gasteiger partial charge in [0.15, 0.2) is 6.29 Å². The zero-order valence-corrected chi connectivity index (χ0v) is 9.92. The summed E-state index contributed by atoms with van der Waals surface area (Å²) in [7, 11) is 1.58. The number of methoxy groups -OCH3 is 1. The number of nitrogens with one attached hydrogen (secondary N) is 1. The topological polar surface area (TPSA) is 69.3 Å². The molecule has 6 heteroatoms. The van der Waals surface area contributed by atoms with Crippen LogP contribution in [-0.4, -0.2) is 35.3 Å². The van der Waals surface area contributed by atoms with Crippen LogP contribution in [0.5, 0.6) is 5.88 Å². The second-order valence-corrected chi connectivity index (χ2v) is 3.85. The molecule has 1 saturated heterocycles. The van der Waals surface area contributed by atoms with Crippen molar-refractivity contribution in [1.82, 2.24) is 15.0 Å². The largest absolute Gasteiger partial charge is 0.481 e. The number of aromatic amines is 1. The third kappa shape index (κ3) is 1.96. The molecule has 3 rings (SSSR count). The summed E-state index contributed by atoms with van der Waals surface area (Å²) in [5.41, 5.74) is 2.67. The van der Waals surface area contributed by atoms with E-state index in [1.54, 1.807) is 25.8 Å². The number of hydrogen-bond acceptors (Lipinski definition) is 5. The number of rotatable bonds is 3. The van der Waals surface area contributed by atoms with Gasteiger partial charge in [0.1, 0.15) is 0 Å². The maximum atomic E-state index is 5.54. The summed E-state index contributed by atoms with van der Waals surface area (Å²) in [6.07, 6.45) is 4.72. The smallest absolute Gasteiger partial charge is 0.213 e. The summed E-state index contributed by atoms with van der Waals surface area (Å²) in [6.45, 7) is 1.19.